The van der Waals surface area contributed by atoms with Crippen LogP contribution in [0.2, 0.25) is 0 Å². The number of rotatable bonds is 6. The minimum Gasteiger partial charge on any atom is -0.497 e. The lowest BCUT2D eigenvalue weighted by atomic mass is 9.99. The third-order valence-corrected chi connectivity index (χ3v) is 4.85. The molecule has 0 heterocycles. The summed E-state index contributed by atoms with van der Waals surface area (Å²) in [7, 11) is 1.62. The van der Waals surface area contributed by atoms with Crippen LogP contribution in [0, 0.1) is 5.82 Å². The topological polar surface area (TPSA) is 55.8 Å². The molecule has 5 heteroatoms. The molecule has 4 nitrogen and oxygen atoms in total. The van der Waals surface area contributed by atoms with Crippen LogP contribution in [0.3, 0.4) is 0 Å². The van der Waals surface area contributed by atoms with Crippen LogP contribution in [-0.2, 0) is 4.79 Å². The molecule has 0 bridgehead atoms. The second-order valence-electron chi connectivity index (χ2n) is 6.88. The van der Waals surface area contributed by atoms with Gasteiger partial charge < -0.3 is 14.6 Å². The normalized spacial score (nSPS) is 11.0. The van der Waals surface area contributed by atoms with Gasteiger partial charge in [-0.3, -0.25) is 0 Å². The Balaban J connectivity index is 1.79. The summed E-state index contributed by atoms with van der Waals surface area (Å²) in [5.41, 5.74) is 2.40. The van der Waals surface area contributed by atoms with Crippen molar-refractivity contribution in [1.82, 2.24) is 0 Å². The molecule has 31 heavy (non-hydrogen) atoms. The first-order valence-corrected chi connectivity index (χ1v) is 9.59. The number of carboxylic acid groups (broad SMARTS) is 1. The van der Waals surface area contributed by atoms with E-state index < -0.39 is 5.97 Å². The summed E-state index contributed by atoms with van der Waals surface area (Å²) in [6.07, 6.45) is 2.60. The largest absolute Gasteiger partial charge is 0.497 e. The van der Waals surface area contributed by atoms with Crippen LogP contribution in [0.1, 0.15) is 5.56 Å². The molecule has 4 rings (SSSR count). The lowest BCUT2D eigenvalue weighted by Crippen LogP contribution is -1.92. The second kappa shape index (κ2) is 8.71. The Morgan fingerprint density at radius 1 is 0.903 bits per heavy atom. The quantitative estimate of drug-likeness (QED) is 0.364. The third-order valence-electron chi connectivity index (χ3n) is 4.85. The van der Waals surface area contributed by atoms with Crippen LogP contribution in [0.4, 0.5) is 4.39 Å². The van der Waals surface area contributed by atoms with Gasteiger partial charge in [-0.15, -0.1) is 0 Å². The molecule has 0 atom stereocenters. The number of benzene rings is 4. The van der Waals surface area contributed by atoms with Crippen LogP contribution < -0.4 is 9.47 Å². The van der Waals surface area contributed by atoms with Gasteiger partial charge in [0.2, 0.25) is 0 Å². The summed E-state index contributed by atoms with van der Waals surface area (Å²) in [6.45, 7) is 0. The van der Waals surface area contributed by atoms with Crippen molar-refractivity contribution < 1.29 is 23.8 Å². The van der Waals surface area contributed by atoms with Gasteiger partial charge in [0.15, 0.2) is 0 Å². The molecule has 0 saturated carbocycles. The van der Waals surface area contributed by atoms with Crippen molar-refractivity contribution in [3.63, 3.8) is 0 Å². The Labute approximate surface area is 178 Å². The molecule has 4 aromatic carbocycles. The van der Waals surface area contributed by atoms with E-state index >= 15 is 0 Å². The zero-order valence-electron chi connectivity index (χ0n) is 16.7. The maximum absolute atomic E-state index is 13.4. The van der Waals surface area contributed by atoms with Crippen molar-refractivity contribution in [3.05, 3.63) is 96.3 Å². The molecule has 4 aromatic rings. The SMILES string of the molecule is COc1ccc2c(Oc3ccc(/C=C/C(=O)O)cc3)c(-c3ccc(F)cc3)ccc2c1. The Bertz CT molecular complexity index is 1260. The fourth-order valence-corrected chi connectivity index (χ4v) is 3.31. The average Bonchev–Trinajstić information content (AvgIpc) is 2.79. The summed E-state index contributed by atoms with van der Waals surface area (Å²) < 4.78 is 25.1. The van der Waals surface area contributed by atoms with Crippen molar-refractivity contribution in [1.29, 1.82) is 0 Å². The third kappa shape index (κ3) is 4.56. The number of hydrogen-bond donors (Lipinski definition) is 1. The lowest BCUT2D eigenvalue weighted by molar-refractivity contribution is -0.131. The molecular weight excluding hydrogens is 395 g/mol. The predicted octanol–water partition coefficient (Wildman–Crippen LogP) is 6.54. The van der Waals surface area contributed by atoms with Crippen LogP contribution in [0.15, 0.2) is 84.9 Å². The molecule has 0 aromatic heterocycles. The first kappa shape index (κ1) is 20.2. The zero-order chi connectivity index (χ0) is 21.8. The number of carbonyl (C=O) groups is 1. The molecule has 1 N–H and O–H groups in total. The van der Waals surface area contributed by atoms with Gasteiger partial charge in [0.05, 0.1) is 7.11 Å². The van der Waals surface area contributed by atoms with Gasteiger partial charge in [-0.1, -0.05) is 30.3 Å². The molecule has 154 valence electrons. The minimum atomic E-state index is -1.00. The molecule has 0 aliphatic carbocycles. The Morgan fingerprint density at radius 2 is 1.61 bits per heavy atom. The number of hydrogen-bond acceptors (Lipinski definition) is 3. The van der Waals surface area contributed by atoms with E-state index in [1.807, 2.05) is 30.3 Å². The Morgan fingerprint density at radius 3 is 2.29 bits per heavy atom. The van der Waals surface area contributed by atoms with E-state index in [-0.39, 0.29) is 5.82 Å². The fourth-order valence-electron chi connectivity index (χ4n) is 3.31. The van der Waals surface area contributed by atoms with Crippen molar-refractivity contribution in [3.8, 4) is 28.4 Å². The Hall–Kier alpha value is -4.12. The summed E-state index contributed by atoms with van der Waals surface area (Å²) in [6, 6.07) is 23.0. The molecule has 0 saturated heterocycles. The predicted molar refractivity (Wildman–Crippen MR) is 119 cm³/mol. The van der Waals surface area contributed by atoms with Gasteiger partial charge in [-0.25, -0.2) is 9.18 Å². The second-order valence-corrected chi connectivity index (χ2v) is 6.88. The van der Waals surface area contributed by atoms with Gasteiger partial charge >= 0.3 is 5.97 Å². The molecule has 0 spiro atoms. The van der Waals surface area contributed by atoms with E-state index in [1.165, 1.54) is 18.2 Å². The van der Waals surface area contributed by atoms with E-state index in [0.29, 0.717) is 11.5 Å². The molecular formula is C26H19FO4. The number of carboxylic acids is 1. The van der Waals surface area contributed by atoms with Gasteiger partial charge in [0.25, 0.3) is 0 Å². The van der Waals surface area contributed by atoms with Crippen molar-refractivity contribution >= 4 is 22.8 Å². The van der Waals surface area contributed by atoms with Crippen molar-refractivity contribution in [2.75, 3.05) is 7.11 Å². The number of ether oxygens (including phenoxy) is 2. The first-order valence-electron chi connectivity index (χ1n) is 9.59. The number of aliphatic carboxylic acids is 1. The highest BCUT2D eigenvalue weighted by molar-refractivity contribution is 5.96. The fraction of sp³-hybridized carbons (Fsp3) is 0.0385. The minimum absolute atomic E-state index is 0.304. The standard InChI is InChI=1S/C26H19FO4/c1-30-22-12-14-24-19(16-22)7-13-23(18-5-8-20(27)9-6-18)26(24)31-21-10-2-17(3-11-21)4-15-25(28)29/h2-16H,1H3,(H,28,29)/b15-4+. The first-order chi connectivity index (χ1) is 15.0. The maximum atomic E-state index is 13.4. The van der Waals surface area contributed by atoms with Gasteiger partial charge in [-0.2, -0.15) is 0 Å². The van der Waals surface area contributed by atoms with E-state index in [4.69, 9.17) is 14.6 Å². The van der Waals surface area contributed by atoms with Crippen molar-refractivity contribution in [2.24, 2.45) is 0 Å². The number of halogens is 1. The summed E-state index contributed by atoms with van der Waals surface area (Å²) in [5.74, 6) is 0.666. The zero-order valence-corrected chi connectivity index (χ0v) is 16.7. The maximum Gasteiger partial charge on any atom is 0.328 e. The van der Waals surface area contributed by atoms with Gasteiger partial charge in [0, 0.05) is 17.0 Å². The summed E-state index contributed by atoms with van der Waals surface area (Å²) in [5, 5.41) is 10.6. The molecule has 0 amide bonds. The highest BCUT2D eigenvalue weighted by Crippen LogP contribution is 2.40. The number of fused-ring (bicyclic) bond motifs is 1. The van der Waals surface area contributed by atoms with Gasteiger partial charge in [-0.05, 0) is 71.1 Å². The van der Waals surface area contributed by atoms with E-state index in [0.717, 1.165) is 39.3 Å². The van der Waals surface area contributed by atoms with E-state index in [2.05, 4.69) is 0 Å². The summed E-state index contributed by atoms with van der Waals surface area (Å²) in [4.78, 5) is 10.7. The lowest BCUT2D eigenvalue weighted by Gasteiger charge is -2.15. The van der Waals surface area contributed by atoms with Crippen molar-refractivity contribution in [2.45, 2.75) is 0 Å². The van der Waals surface area contributed by atoms with Crippen LogP contribution in [0.5, 0.6) is 17.2 Å². The van der Waals surface area contributed by atoms with Crippen LogP contribution in [-0.4, -0.2) is 18.2 Å². The Kier molecular flexibility index (Phi) is 5.67. The van der Waals surface area contributed by atoms with E-state index in [1.54, 1.807) is 43.5 Å². The molecule has 0 fully saturated rings. The molecule has 0 aliphatic rings. The summed E-state index contributed by atoms with van der Waals surface area (Å²) >= 11 is 0. The van der Waals surface area contributed by atoms with Gasteiger partial charge in [0.1, 0.15) is 23.1 Å². The molecule has 0 unspecified atom stereocenters. The highest BCUT2D eigenvalue weighted by Gasteiger charge is 2.13. The molecule has 0 aliphatic heterocycles. The average molecular weight is 414 g/mol. The monoisotopic (exact) mass is 414 g/mol. The highest BCUT2D eigenvalue weighted by atomic mass is 19.1. The van der Waals surface area contributed by atoms with Crippen LogP contribution in [0.25, 0.3) is 28.0 Å². The smallest absolute Gasteiger partial charge is 0.328 e. The van der Waals surface area contributed by atoms with E-state index in [9.17, 15) is 9.18 Å². The van der Waals surface area contributed by atoms with Crippen LogP contribution >= 0.6 is 0 Å². The molecule has 0 radical (unpaired) electrons. The number of methoxy groups -OCH3 is 1.